The van der Waals surface area contributed by atoms with E-state index < -0.39 is 0 Å². The van der Waals surface area contributed by atoms with Crippen molar-refractivity contribution in [3.8, 4) is 11.6 Å². The molecule has 5 nitrogen and oxygen atoms in total. The first kappa shape index (κ1) is 15.1. The largest absolute Gasteiger partial charge is 0.508 e. The normalized spacial score (nSPS) is 11.9. The molecule has 1 aromatic heterocycles. The molecule has 1 aromatic carbocycles. The van der Waals surface area contributed by atoms with Crippen LogP contribution < -0.4 is 10.1 Å². The van der Waals surface area contributed by atoms with Crippen LogP contribution in [0.2, 0.25) is 0 Å². The van der Waals surface area contributed by atoms with Crippen molar-refractivity contribution in [2.24, 2.45) is 0 Å². The maximum atomic E-state index is 9.84. The number of benzene rings is 1. The number of aromatic hydroxyl groups is 1. The summed E-state index contributed by atoms with van der Waals surface area (Å²) >= 11 is 0. The highest BCUT2D eigenvalue weighted by atomic mass is 16.5. The summed E-state index contributed by atoms with van der Waals surface area (Å²) in [5.41, 5.74) is 1.71. The summed E-state index contributed by atoms with van der Waals surface area (Å²) in [6.07, 6.45) is 1.71. The Labute approximate surface area is 124 Å². The molecule has 0 aliphatic carbocycles. The molecule has 0 aliphatic heterocycles. The van der Waals surface area contributed by atoms with Gasteiger partial charge >= 0.3 is 0 Å². The van der Waals surface area contributed by atoms with Gasteiger partial charge in [0.05, 0.1) is 24.5 Å². The summed E-state index contributed by atoms with van der Waals surface area (Å²) in [7, 11) is 1.63. The molecule has 2 N–H and O–H groups in total. The molecule has 1 unspecified atom stereocenters. The lowest BCUT2D eigenvalue weighted by Crippen LogP contribution is -2.08. The van der Waals surface area contributed by atoms with E-state index >= 15 is 0 Å². The number of anilines is 1. The molecule has 1 atom stereocenters. The molecule has 0 bridgehead atoms. The SMILES string of the molecule is COCCOc1ccc(NC(C)c2ccccc2O)cn1. The second kappa shape index (κ2) is 7.50. The van der Waals surface area contributed by atoms with Crippen LogP contribution in [0.3, 0.4) is 0 Å². The number of pyridine rings is 1. The average Bonchev–Trinajstić information content (AvgIpc) is 2.49. The maximum Gasteiger partial charge on any atom is 0.213 e. The van der Waals surface area contributed by atoms with E-state index in [0.29, 0.717) is 19.1 Å². The summed E-state index contributed by atoms with van der Waals surface area (Å²) < 4.78 is 10.3. The van der Waals surface area contributed by atoms with Gasteiger partial charge in [-0.2, -0.15) is 0 Å². The van der Waals surface area contributed by atoms with E-state index in [2.05, 4.69) is 10.3 Å². The van der Waals surface area contributed by atoms with Crippen LogP contribution in [-0.4, -0.2) is 30.4 Å². The first-order valence-corrected chi connectivity index (χ1v) is 6.83. The molecule has 0 amide bonds. The van der Waals surface area contributed by atoms with Crippen LogP contribution in [0, 0.1) is 0 Å². The topological polar surface area (TPSA) is 63.6 Å². The average molecular weight is 288 g/mol. The van der Waals surface area contributed by atoms with Gasteiger partial charge in [-0.1, -0.05) is 18.2 Å². The number of phenols is 1. The fourth-order valence-electron chi connectivity index (χ4n) is 1.96. The van der Waals surface area contributed by atoms with Crippen molar-refractivity contribution in [2.75, 3.05) is 25.6 Å². The molecular weight excluding hydrogens is 268 g/mol. The van der Waals surface area contributed by atoms with E-state index in [-0.39, 0.29) is 11.8 Å². The third-order valence-electron chi connectivity index (χ3n) is 3.06. The fourth-order valence-corrected chi connectivity index (χ4v) is 1.96. The Bertz CT molecular complexity index is 558. The minimum Gasteiger partial charge on any atom is -0.508 e. The lowest BCUT2D eigenvalue weighted by atomic mass is 10.1. The number of hydrogen-bond donors (Lipinski definition) is 2. The predicted octanol–water partition coefficient (Wildman–Crippen LogP) is 2.99. The number of nitrogens with zero attached hydrogens (tertiary/aromatic N) is 1. The van der Waals surface area contributed by atoms with Crippen molar-refractivity contribution in [3.05, 3.63) is 48.2 Å². The van der Waals surface area contributed by atoms with Gasteiger partial charge in [-0.15, -0.1) is 0 Å². The zero-order valence-corrected chi connectivity index (χ0v) is 12.2. The number of ether oxygens (including phenoxy) is 2. The molecule has 0 saturated carbocycles. The first-order valence-electron chi connectivity index (χ1n) is 6.83. The number of methoxy groups -OCH3 is 1. The number of hydrogen-bond acceptors (Lipinski definition) is 5. The zero-order valence-electron chi connectivity index (χ0n) is 12.2. The Balaban J connectivity index is 1.95. The molecular formula is C16H20N2O3. The van der Waals surface area contributed by atoms with Crippen molar-refractivity contribution < 1.29 is 14.6 Å². The van der Waals surface area contributed by atoms with E-state index in [4.69, 9.17) is 9.47 Å². The van der Waals surface area contributed by atoms with Crippen molar-refractivity contribution >= 4 is 5.69 Å². The van der Waals surface area contributed by atoms with Gasteiger partial charge in [-0.05, 0) is 19.1 Å². The molecule has 5 heteroatoms. The van der Waals surface area contributed by atoms with Gasteiger partial charge in [-0.3, -0.25) is 0 Å². The molecule has 0 radical (unpaired) electrons. The first-order chi connectivity index (χ1) is 10.2. The van der Waals surface area contributed by atoms with Crippen LogP contribution in [-0.2, 0) is 4.74 Å². The van der Waals surface area contributed by atoms with Crippen molar-refractivity contribution in [1.29, 1.82) is 0 Å². The molecule has 2 rings (SSSR count). The van der Waals surface area contributed by atoms with E-state index in [1.54, 1.807) is 31.5 Å². The van der Waals surface area contributed by atoms with Gasteiger partial charge in [0.2, 0.25) is 5.88 Å². The molecule has 0 saturated heterocycles. The second-order valence-electron chi connectivity index (χ2n) is 4.65. The summed E-state index contributed by atoms with van der Waals surface area (Å²) in [5.74, 6) is 0.845. The highest BCUT2D eigenvalue weighted by Gasteiger charge is 2.09. The zero-order chi connectivity index (χ0) is 15.1. The quantitative estimate of drug-likeness (QED) is 0.767. The third kappa shape index (κ3) is 4.36. The van der Waals surface area contributed by atoms with Gasteiger partial charge in [0.25, 0.3) is 0 Å². The Morgan fingerprint density at radius 1 is 1.19 bits per heavy atom. The molecule has 0 fully saturated rings. The third-order valence-corrected chi connectivity index (χ3v) is 3.06. The highest BCUT2D eigenvalue weighted by Crippen LogP contribution is 2.26. The van der Waals surface area contributed by atoms with Crippen LogP contribution in [0.25, 0.3) is 0 Å². The predicted molar refractivity (Wildman–Crippen MR) is 81.8 cm³/mol. The molecule has 112 valence electrons. The van der Waals surface area contributed by atoms with E-state index in [1.165, 1.54) is 0 Å². The Kier molecular flexibility index (Phi) is 5.40. The fraction of sp³-hybridized carbons (Fsp3) is 0.312. The minimum atomic E-state index is -0.0201. The van der Waals surface area contributed by atoms with Crippen LogP contribution >= 0.6 is 0 Å². The van der Waals surface area contributed by atoms with Gasteiger partial charge in [0.1, 0.15) is 12.4 Å². The number of rotatable bonds is 7. The summed E-state index contributed by atoms with van der Waals surface area (Å²) in [5, 5.41) is 13.1. The van der Waals surface area contributed by atoms with Crippen LogP contribution in [0.1, 0.15) is 18.5 Å². The van der Waals surface area contributed by atoms with E-state index in [0.717, 1.165) is 11.3 Å². The number of aromatic nitrogens is 1. The molecule has 21 heavy (non-hydrogen) atoms. The standard InChI is InChI=1S/C16H20N2O3/c1-12(14-5-3-4-6-15(14)19)18-13-7-8-16(17-11-13)21-10-9-20-2/h3-8,11-12,18-19H,9-10H2,1-2H3. The van der Waals surface area contributed by atoms with Crippen molar-refractivity contribution in [1.82, 2.24) is 4.98 Å². The summed E-state index contributed by atoms with van der Waals surface area (Å²) in [6, 6.07) is 11.0. The molecule has 2 aromatic rings. The second-order valence-corrected chi connectivity index (χ2v) is 4.65. The highest BCUT2D eigenvalue weighted by molar-refractivity contribution is 5.46. The molecule has 0 spiro atoms. The Morgan fingerprint density at radius 3 is 2.67 bits per heavy atom. The van der Waals surface area contributed by atoms with Crippen LogP contribution in [0.5, 0.6) is 11.6 Å². The van der Waals surface area contributed by atoms with Gasteiger partial charge in [0, 0.05) is 18.7 Å². The summed E-state index contributed by atoms with van der Waals surface area (Å²) in [6.45, 7) is 2.99. The number of nitrogens with one attached hydrogen (secondary N) is 1. The molecule has 1 heterocycles. The smallest absolute Gasteiger partial charge is 0.213 e. The van der Waals surface area contributed by atoms with Crippen molar-refractivity contribution in [3.63, 3.8) is 0 Å². The minimum absolute atomic E-state index is 0.0201. The van der Waals surface area contributed by atoms with Gasteiger partial charge in [-0.25, -0.2) is 4.98 Å². The van der Waals surface area contributed by atoms with E-state index in [1.807, 2.05) is 25.1 Å². The maximum absolute atomic E-state index is 9.84. The monoisotopic (exact) mass is 288 g/mol. The number of phenolic OH excluding ortho intramolecular Hbond substituents is 1. The van der Waals surface area contributed by atoms with Gasteiger partial charge < -0.3 is 19.9 Å². The number of para-hydroxylation sites is 1. The lowest BCUT2D eigenvalue weighted by Gasteiger charge is -2.16. The van der Waals surface area contributed by atoms with Crippen molar-refractivity contribution in [2.45, 2.75) is 13.0 Å². The van der Waals surface area contributed by atoms with Gasteiger partial charge in [0.15, 0.2) is 0 Å². The van der Waals surface area contributed by atoms with E-state index in [9.17, 15) is 5.11 Å². The lowest BCUT2D eigenvalue weighted by molar-refractivity contribution is 0.144. The van der Waals surface area contributed by atoms with Crippen LogP contribution in [0.15, 0.2) is 42.6 Å². The Morgan fingerprint density at radius 2 is 2.00 bits per heavy atom. The Hall–Kier alpha value is -2.27. The molecule has 0 aliphatic rings. The van der Waals surface area contributed by atoms with Crippen LogP contribution in [0.4, 0.5) is 5.69 Å². The summed E-state index contributed by atoms with van der Waals surface area (Å²) in [4.78, 5) is 4.22.